The smallest absolute Gasteiger partial charge is 0.287 e. The Bertz CT molecular complexity index is 530. The molecule has 1 aromatic heterocycles. The van der Waals surface area contributed by atoms with Crippen molar-refractivity contribution in [2.45, 2.75) is 25.3 Å². The lowest BCUT2D eigenvalue weighted by Gasteiger charge is -2.17. The van der Waals surface area contributed by atoms with E-state index in [-0.39, 0.29) is 42.5 Å². The number of nitro groups is 1. The Labute approximate surface area is 153 Å². The van der Waals surface area contributed by atoms with E-state index in [4.69, 9.17) is 0 Å². The molecule has 8 nitrogen and oxygen atoms in total. The van der Waals surface area contributed by atoms with Gasteiger partial charge >= 0.3 is 0 Å². The third-order valence-corrected chi connectivity index (χ3v) is 3.67. The minimum Gasteiger partial charge on any atom is -0.365 e. The number of likely N-dealkylation sites (tertiary alicyclic amines) is 1. The molecule has 1 fully saturated rings. The van der Waals surface area contributed by atoms with Crippen LogP contribution in [0.4, 0.5) is 11.5 Å². The van der Waals surface area contributed by atoms with Crippen LogP contribution in [-0.4, -0.2) is 53.4 Å². The summed E-state index contributed by atoms with van der Waals surface area (Å²) in [4.78, 5) is 28.0. The first kappa shape index (κ1) is 22.4. The topological polar surface area (TPSA) is 100 Å². The number of carbonyl (C=O) groups is 1. The van der Waals surface area contributed by atoms with Gasteiger partial charge in [-0.2, -0.15) is 0 Å². The molecule has 10 heteroatoms. The molecule has 0 aromatic carbocycles. The van der Waals surface area contributed by atoms with Gasteiger partial charge in [-0.25, -0.2) is 4.98 Å². The monoisotopic (exact) mass is 379 g/mol. The molecule has 1 atom stereocenters. The Morgan fingerprint density at radius 3 is 2.79 bits per heavy atom. The van der Waals surface area contributed by atoms with Crippen LogP contribution in [0.25, 0.3) is 0 Å². The number of hydrogen-bond acceptors (Lipinski definition) is 6. The van der Waals surface area contributed by atoms with E-state index in [2.05, 4.69) is 15.6 Å². The maximum Gasteiger partial charge on any atom is 0.287 e. The summed E-state index contributed by atoms with van der Waals surface area (Å²) in [5, 5.41) is 16.8. The number of nitrogens with zero attached hydrogens (tertiary/aromatic N) is 3. The van der Waals surface area contributed by atoms with Crippen molar-refractivity contribution in [1.29, 1.82) is 0 Å². The van der Waals surface area contributed by atoms with E-state index in [0.717, 1.165) is 25.9 Å². The maximum atomic E-state index is 12.0. The number of amides is 1. The summed E-state index contributed by atoms with van der Waals surface area (Å²) < 4.78 is 0. The molecule has 0 radical (unpaired) electrons. The van der Waals surface area contributed by atoms with Gasteiger partial charge in [0.1, 0.15) is 12.0 Å². The normalized spacial score (nSPS) is 16.0. The first-order chi connectivity index (χ1) is 10.6. The Morgan fingerprint density at radius 2 is 2.21 bits per heavy atom. The summed E-state index contributed by atoms with van der Waals surface area (Å²) in [5.41, 5.74) is -0.0293. The fourth-order valence-corrected chi connectivity index (χ4v) is 2.47. The van der Waals surface area contributed by atoms with Crippen molar-refractivity contribution in [3.05, 3.63) is 28.4 Å². The molecule has 136 valence electrons. The Kier molecular flexibility index (Phi) is 10.3. The fourth-order valence-electron chi connectivity index (χ4n) is 2.47. The second-order valence-electron chi connectivity index (χ2n) is 5.34. The second-order valence-corrected chi connectivity index (χ2v) is 5.34. The molecule has 1 aromatic rings. The summed E-state index contributed by atoms with van der Waals surface area (Å²) in [6, 6.07) is 3.16. The van der Waals surface area contributed by atoms with Crippen LogP contribution in [0, 0.1) is 10.1 Å². The zero-order valence-electron chi connectivity index (χ0n) is 13.4. The van der Waals surface area contributed by atoms with Gasteiger partial charge in [0.25, 0.3) is 5.69 Å². The van der Waals surface area contributed by atoms with E-state index >= 15 is 0 Å². The minimum atomic E-state index is -0.474. The molecule has 0 spiro atoms. The lowest BCUT2D eigenvalue weighted by molar-refractivity contribution is -0.385. The minimum absolute atomic E-state index is 0. The van der Waals surface area contributed by atoms with Gasteiger partial charge in [0.2, 0.25) is 5.91 Å². The number of hydrogen-bond donors (Lipinski definition) is 2. The van der Waals surface area contributed by atoms with Gasteiger partial charge in [0.05, 0.1) is 4.92 Å². The van der Waals surface area contributed by atoms with Crippen LogP contribution in [0.5, 0.6) is 0 Å². The first-order valence-electron chi connectivity index (χ1n) is 7.39. The second kappa shape index (κ2) is 11.0. The van der Waals surface area contributed by atoms with Gasteiger partial charge in [-0.05, 0) is 32.5 Å². The zero-order valence-corrected chi connectivity index (χ0v) is 15.1. The zero-order chi connectivity index (χ0) is 15.9. The van der Waals surface area contributed by atoms with Crippen molar-refractivity contribution in [3.63, 3.8) is 0 Å². The summed E-state index contributed by atoms with van der Waals surface area (Å²) in [6.45, 7) is 2.23. The largest absolute Gasteiger partial charge is 0.365 e. The lowest BCUT2D eigenvalue weighted by Crippen LogP contribution is -2.32. The van der Waals surface area contributed by atoms with Crippen LogP contribution >= 0.6 is 24.8 Å². The molecule has 1 aliphatic heterocycles. The van der Waals surface area contributed by atoms with E-state index in [1.54, 1.807) is 6.07 Å². The van der Waals surface area contributed by atoms with Crippen LogP contribution in [0.3, 0.4) is 0 Å². The number of anilines is 1. The van der Waals surface area contributed by atoms with Gasteiger partial charge in [0.15, 0.2) is 0 Å². The molecule has 24 heavy (non-hydrogen) atoms. The highest BCUT2D eigenvalue weighted by Crippen LogP contribution is 2.17. The van der Waals surface area contributed by atoms with E-state index in [0.29, 0.717) is 18.8 Å². The number of nitrogens with one attached hydrogen (secondary N) is 2. The Balaban J connectivity index is 0.00000264. The van der Waals surface area contributed by atoms with Crippen LogP contribution in [0.1, 0.15) is 19.3 Å². The number of rotatable bonds is 7. The fraction of sp³-hybridized carbons (Fsp3) is 0.571. The van der Waals surface area contributed by atoms with Crippen molar-refractivity contribution in [3.8, 4) is 0 Å². The highest BCUT2D eigenvalue weighted by Gasteiger charge is 2.25. The van der Waals surface area contributed by atoms with Crippen LogP contribution < -0.4 is 10.6 Å². The molecule has 1 unspecified atom stereocenters. The number of pyridine rings is 1. The lowest BCUT2D eigenvalue weighted by atomic mass is 10.2. The Hall–Kier alpha value is -1.64. The number of aromatic nitrogens is 1. The molecule has 0 aliphatic carbocycles. The van der Waals surface area contributed by atoms with E-state index in [1.807, 2.05) is 11.9 Å². The molecule has 1 aliphatic rings. The van der Waals surface area contributed by atoms with E-state index in [1.165, 1.54) is 12.3 Å². The first-order valence-corrected chi connectivity index (χ1v) is 7.39. The predicted octanol–water partition coefficient (Wildman–Crippen LogP) is 1.85. The van der Waals surface area contributed by atoms with Crippen molar-refractivity contribution in [2.75, 3.05) is 32.0 Å². The van der Waals surface area contributed by atoms with Gasteiger partial charge in [0, 0.05) is 31.6 Å². The standard InChI is InChI=1S/C14H21N5O3.2ClH/c1-15-7-2-3-14(20)18-8-6-11(10-18)17-13-5-4-12(9-16-13)19(21)22;;/h4-5,9,11,15H,2-3,6-8,10H2,1H3,(H,16,17);2*1H. The average molecular weight is 380 g/mol. The molecular formula is C14H23Cl2N5O3. The quantitative estimate of drug-likeness (QED) is 0.425. The van der Waals surface area contributed by atoms with E-state index < -0.39 is 4.92 Å². The SMILES string of the molecule is CNCCCC(=O)N1CCC(Nc2ccc([N+](=O)[O-])cn2)C1.Cl.Cl. The predicted molar refractivity (Wildman–Crippen MR) is 97.2 cm³/mol. The van der Waals surface area contributed by atoms with Crippen molar-refractivity contribution < 1.29 is 9.72 Å². The van der Waals surface area contributed by atoms with Gasteiger partial charge in [-0.15, -0.1) is 24.8 Å². The maximum absolute atomic E-state index is 12.0. The summed E-state index contributed by atoms with van der Waals surface area (Å²) in [5.74, 6) is 0.774. The average Bonchev–Trinajstić information content (AvgIpc) is 2.96. The molecule has 2 heterocycles. The molecule has 2 rings (SSSR count). The highest BCUT2D eigenvalue weighted by atomic mass is 35.5. The number of carbonyl (C=O) groups excluding carboxylic acids is 1. The molecule has 1 amide bonds. The van der Waals surface area contributed by atoms with E-state index in [9.17, 15) is 14.9 Å². The van der Waals surface area contributed by atoms with Crippen LogP contribution in [0.15, 0.2) is 18.3 Å². The molecule has 2 N–H and O–H groups in total. The Morgan fingerprint density at radius 1 is 1.46 bits per heavy atom. The van der Waals surface area contributed by atoms with Crippen molar-refractivity contribution >= 4 is 42.2 Å². The van der Waals surface area contributed by atoms with Crippen LogP contribution in [0.2, 0.25) is 0 Å². The van der Waals surface area contributed by atoms with Crippen molar-refractivity contribution in [2.24, 2.45) is 0 Å². The van der Waals surface area contributed by atoms with Gasteiger partial charge in [-0.1, -0.05) is 0 Å². The summed E-state index contributed by atoms with van der Waals surface area (Å²) in [7, 11) is 1.87. The summed E-state index contributed by atoms with van der Waals surface area (Å²) in [6.07, 6.45) is 3.49. The van der Waals surface area contributed by atoms with Gasteiger partial charge < -0.3 is 15.5 Å². The highest BCUT2D eigenvalue weighted by molar-refractivity contribution is 5.85. The molecule has 0 bridgehead atoms. The van der Waals surface area contributed by atoms with Crippen LogP contribution in [-0.2, 0) is 4.79 Å². The van der Waals surface area contributed by atoms with Crippen molar-refractivity contribution in [1.82, 2.24) is 15.2 Å². The third-order valence-electron chi connectivity index (χ3n) is 3.67. The summed E-state index contributed by atoms with van der Waals surface area (Å²) >= 11 is 0. The molecule has 0 saturated carbocycles. The number of halogens is 2. The molecule has 1 saturated heterocycles. The third kappa shape index (κ3) is 6.46. The van der Waals surface area contributed by atoms with Gasteiger partial charge in [-0.3, -0.25) is 14.9 Å². The molecular weight excluding hydrogens is 357 g/mol.